The number of nitrogens with zero attached hydrogens (tertiary/aromatic N) is 2. The zero-order valence-electron chi connectivity index (χ0n) is 18.9. The van der Waals surface area contributed by atoms with E-state index in [9.17, 15) is 13.2 Å². The maximum atomic E-state index is 13.1. The van der Waals surface area contributed by atoms with Crippen molar-refractivity contribution in [2.24, 2.45) is 0 Å². The number of carbonyl (C=O) groups excluding carboxylic acids is 1. The van der Waals surface area contributed by atoms with Gasteiger partial charge in [-0.25, -0.2) is 13.2 Å². The fourth-order valence-corrected chi connectivity index (χ4v) is 7.13. The molecule has 0 aliphatic carbocycles. The molecule has 0 unspecified atom stereocenters. The second-order valence-corrected chi connectivity index (χ2v) is 13.3. The Bertz CT molecular complexity index is 1270. The normalized spacial score (nSPS) is 16.7. The lowest BCUT2D eigenvalue weighted by molar-refractivity contribution is 0.0179. The first-order chi connectivity index (χ1) is 15.5. The van der Waals surface area contributed by atoms with E-state index in [1.54, 1.807) is 11.0 Å². The molecule has 1 saturated heterocycles. The Balaban J connectivity index is 1.55. The molecule has 0 spiro atoms. The number of nitrogens with one attached hydrogen (secondary N) is 1. The van der Waals surface area contributed by atoms with E-state index < -0.39 is 15.4 Å². The Kier molecular flexibility index (Phi) is 6.80. The molecule has 2 aromatic rings. The van der Waals surface area contributed by atoms with Crippen LogP contribution in [0, 0.1) is 0 Å². The van der Waals surface area contributed by atoms with E-state index in [1.807, 2.05) is 51.1 Å². The second-order valence-electron chi connectivity index (χ2n) is 9.12. The van der Waals surface area contributed by atoms with Gasteiger partial charge in [-0.2, -0.15) is 0 Å². The van der Waals surface area contributed by atoms with Crippen molar-refractivity contribution in [1.29, 1.82) is 0 Å². The van der Waals surface area contributed by atoms with Crippen LogP contribution in [0.15, 0.2) is 39.0 Å². The summed E-state index contributed by atoms with van der Waals surface area (Å²) in [7, 11) is -3.47. The van der Waals surface area contributed by atoms with Crippen molar-refractivity contribution in [3.8, 4) is 0 Å². The van der Waals surface area contributed by atoms with Crippen LogP contribution in [0.25, 0.3) is 11.9 Å². The summed E-state index contributed by atoms with van der Waals surface area (Å²) in [6.07, 6.45) is 1.73. The summed E-state index contributed by atoms with van der Waals surface area (Å²) in [5.41, 5.74) is 0.229. The van der Waals surface area contributed by atoms with E-state index in [0.717, 1.165) is 25.6 Å². The van der Waals surface area contributed by atoms with Crippen LogP contribution in [-0.2, 0) is 20.3 Å². The van der Waals surface area contributed by atoms with E-state index in [1.165, 1.54) is 11.3 Å². The summed E-state index contributed by atoms with van der Waals surface area (Å²) in [6.45, 7) is 8.63. The number of fused-ring (bicyclic) bond motifs is 1. The standard InChI is InChI=1S/C23H28BrN3O4S2/c1-23(2,3)31-22(28)27-11-9-26(10-12-27)21-18-14-20(32-19(18)7-8-25-21)33(29,30)15-16-5-4-6-17(24)13-16/h4-7,13-14,25H,8-12,15H2,1-3H3. The van der Waals surface area contributed by atoms with Crippen molar-refractivity contribution in [1.82, 2.24) is 15.1 Å². The van der Waals surface area contributed by atoms with Crippen molar-refractivity contribution >= 4 is 55.1 Å². The highest BCUT2D eigenvalue weighted by molar-refractivity contribution is 9.10. The molecule has 4 rings (SSSR count). The second kappa shape index (κ2) is 9.31. The number of piperazine rings is 1. The predicted molar refractivity (Wildman–Crippen MR) is 134 cm³/mol. The number of thiophene rings is 1. The lowest BCUT2D eigenvalue weighted by Gasteiger charge is -2.38. The van der Waals surface area contributed by atoms with Gasteiger partial charge in [-0.15, -0.1) is 11.3 Å². The van der Waals surface area contributed by atoms with Crippen LogP contribution in [0.3, 0.4) is 0 Å². The Morgan fingerprint density at radius 1 is 1.18 bits per heavy atom. The SMILES string of the molecule is CC(C)(C)OC(=O)N1CCN(C2=c3cc(S(=O)(=O)Cc4cccc(Br)c4)sc3=CCN2)CC1. The number of rotatable bonds is 4. The first-order valence-corrected chi connectivity index (χ1v) is 14.1. The molecule has 1 fully saturated rings. The van der Waals surface area contributed by atoms with Crippen LogP contribution >= 0.6 is 27.3 Å². The number of amides is 1. The highest BCUT2D eigenvalue weighted by Crippen LogP contribution is 2.21. The summed E-state index contributed by atoms with van der Waals surface area (Å²) in [6, 6.07) is 9.16. The Labute approximate surface area is 206 Å². The number of benzene rings is 1. The average Bonchev–Trinajstić information content (AvgIpc) is 3.18. The predicted octanol–water partition coefficient (Wildman–Crippen LogP) is 2.49. The van der Waals surface area contributed by atoms with Gasteiger partial charge in [-0.3, -0.25) is 0 Å². The molecule has 0 atom stereocenters. The number of hydrogen-bond acceptors (Lipinski definition) is 7. The summed E-state index contributed by atoms with van der Waals surface area (Å²) in [4.78, 5) is 16.3. The van der Waals surface area contributed by atoms with E-state index in [0.29, 0.717) is 36.9 Å². The molecule has 3 heterocycles. The minimum absolute atomic E-state index is 0.0385. The number of ether oxygens (including phenoxy) is 1. The van der Waals surface area contributed by atoms with E-state index >= 15 is 0 Å². The van der Waals surface area contributed by atoms with Crippen LogP contribution in [0.4, 0.5) is 4.79 Å². The zero-order chi connectivity index (χ0) is 23.8. The molecule has 1 amide bonds. The molecule has 2 aliphatic heterocycles. The Morgan fingerprint density at radius 3 is 2.58 bits per heavy atom. The van der Waals surface area contributed by atoms with Crippen LogP contribution in [0.2, 0.25) is 0 Å². The van der Waals surface area contributed by atoms with Crippen LogP contribution in [0.5, 0.6) is 0 Å². The molecular weight excluding hydrogens is 526 g/mol. The van der Waals surface area contributed by atoms with Crippen molar-refractivity contribution in [3.05, 3.63) is 50.1 Å². The van der Waals surface area contributed by atoms with Crippen molar-refractivity contribution in [2.45, 2.75) is 36.3 Å². The monoisotopic (exact) mass is 553 g/mol. The minimum Gasteiger partial charge on any atom is -0.444 e. The molecule has 2 aliphatic rings. The molecule has 7 nitrogen and oxygen atoms in total. The fraction of sp³-hybridized carbons (Fsp3) is 0.435. The van der Waals surface area contributed by atoms with Crippen LogP contribution < -0.4 is 15.1 Å². The van der Waals surface area contributed by atoms with E-state index in [-0.39, 0.29) is 11.8 Å². The zero-order valence-corrected chi connectivity index (χ0v) is 22.1. The molecule has 1 aromatic carbocycles. The third kappa shape index (κ3) is 5.73. The molecule has 1 aromatic heterocycles. The molecule has 33 heavy (non-hydrogen) atoms. The molecule has 10 heteroatoms. The quantitative estimate of drug-likeness (QED) is 0.626. The van der Waals surface area contributed by atoms with Gasteiger partial charge in [0.2, 0.25) is 0 Å². The minimum atomic E-state index is -3.47. The van der Waals surface area contributed by atoms with Crippen LogP contribution in [-0.4, -0.2) is 62.6 Å². The molecule has 0 saturated carbocycles. The maximum Gasteiger partial charge on any atom is 0.410 e. The van der Waals surface area contributed by atoms with Crippen molar-refractivity contribution in [3.63, 3.8) is 0 Å². The van der Waals surface area contributed by atoms with Crippen molar-refractivity contribution < 1.29 is 17.9 Å². The van der Waals surface area contributed by atoms with Gasteiger partial charge in [0.25, 0.3) is 0 Å². The molecule has 1 N–H and O–H groups in total. The molecule has 178 valence electrons. The van der Waals surface area contributed by atoms with Gasteiger partial charge in [0, 0.05) is 46.9 Å². The third-order valence-electron chi connectivity index (χ3n) is 5.35. The highest BCUT2D eigenvalue weighted by atomic mass is 79.9. The number of halogens is 1. The van der Waals surface area contributed by atoms with Gasteiger partial charge in [0.1, 0.15) is 15.6 Å². The van der Waals surface area contributed by atoms with Crippen LogP contribution in [0.1, 0.15) is 26.3 Å². The van der Waals surface area contributed by atoms with Gasteiger partial charge in [0.15, 0.2) is 9.84 Å². The maximum absolute atomic E-state index is 13.1. The smallest absolute Gasteiger partial charge is 0.410 e. The lowest BCUT2D eigenvalue weighted by Crippen LogP contribution is -2.53. The Morgan fingerprint density at radius 2 is 1.91 bits per heavy atom. The summed E-state index contributed by atoms with van der Waals surface area (Å²) in [5.74, 6) is 0.889. The Hall–Kier alpha value is -2.04. The van der Waals surface area contributed by atoms with Gasteiger partial charge in [-0.05, 0) is 50.6 Å². The summed E-state index contributed by atoms with van der Waals surface area (Å²) < 4.78 is 33.9. The highest BCUT2D eigenvalue weighted by Gasteiger charge is 2.28. The first-order valence-electron chi connectivity index (χ1n) is 10.8. The fourth-order valence-electron chi connectivity index (χ4n) is 3.85. The van der Waals surface area contributed by atoms with E-state index in [4.69, 9.17) is 4.74 Å². The topological polar surface area (TPSA) is 79.0 Å². The van der Waals surface area contributed by atoms with Gasteiger partial charge >= 0.3 is 6.09 Å². The summed E-state index contributed by atoms with van der Waals surface area (Å²) in [5, 5.41) is 4.31. The molecular formula is C23H28BrN3O4S2. The van der Waals surface area contributed by atoms with Crippen molar-refractivity contribution in [2.75, 3.05) is 32.7 Å². The first kappa shape index (κ1) is 24.1. The largest absolute Gasteiger partial charge is 0.444 e. The molecule has 0 radical (unpaired) electrons. The number of sulfone groups is 1. The van der Waals surface area contributed by atoms with E-state index in [2.05, 4.69) is 26.1 Å². The molecule has 0 bridgehead atoms. The van der Waals surface area contributed by atoms with Gasteiger partial charge in [-0.1, -0.05) is 28.1 Å². The average molecular weight is 555 g/mol. The summed E-state index contributed by atoms with van der Waals surface area (Å²) >= 11 is 4.72. The van der Waals surface area contributed by atoms with Gasteiger partial charge in [0.05, 0.1) is 5.75 Å². The number of carbonyl (C=O) groups is 1. The third-order valence-corrected chi connectivity index (χ3v) is 9.22. The number of hydrogen-bond donors (Lipinski definition) is 1. The van der Waals surface area contributed by atoms with Gasteiger partial charge < -0.3 is 19.9 Å². The lowest BCUT2D eigenvalue weighted by atomic mass is 10.2.